The summed E-state index contributed by atoms with van der Waals surface area (Å²) in [7, 11) is 0. The average molecular weight is 497 g/mol. The minimum atomic E-state index is 0.111. The number of hydrogen-bond acceptors (Lipinski definition) is 5. The first-order valence-electron chi connectivity index (χ1n) is 11.3. The van der Waals surface area contributed by atoms with Crippen molar-refractivity contribution in [1.29, 1.82) is 0 Å². The maximum Gasteiger partial charge on any atom is 0.254 e. The van der Waals surface area contributed by atoms with E-state index >= 15 is 0 Å². The van der Waals surface area contributed by atoms with E-state index in [-0.39, 0.29) is 5.91 Å². The fourth-order valence-electron chi connectivity index (χ4n) is 4.83. The van der Waals surface area contributed by atoms with Gasteiger partial charge in [0.1, 0.15) is 16.5 Å². The van der Waals surface area contributed by atoms with Gasteiger partial charge in [0.15, 0.2) is 0 Å². The molecule has 1 aliphatic heterocycles. The molecule has 1 aromatic carbocycles. The zero-order chi connectivity index (χ0) is 20.9. The molecule has 0 unspecified atom stereocenters. The van der Waals surface area contributed by atoms with Crippen LogP contribution < -0.4 is 4.90 Å². The number of aryl methyl sites for hydroxylation is 2. The second kappa shape index (κ2) is 7.85. The number of hydrogen-bond donors (Lipinski definition) is 0. The number of thiophene rings is 1. The van der Waals surface area contributed by atoms with E-state index in [4.69, 9.17) is 9.97 Å². The van der Waals surface area contributed by atoms with Gasteiger partial charge in [0, 0.05) is 47.0 Å². The molecule has 3 heterocycles. The molecule has 2 fully saturated rings. The number of piperazine rings is 1. The number of carbonyl (C=O) groups excluding carboxylic acids is 1. The molecule has 1 saturated heterocycles. The number of anilines is 1. The van der Waals surface area contributed by atoms with E-state index in [0.717, 1.165) is 54.3 Å². The van der Waals surface area contributed by atoms with E-state index in [1.54, 1.807) is 0 Å². The van der Waals surface area contributed by atoms with Crippen LogP contribution >= 0.6 is 27.3 Å². The molecule has 3 aromatic rings. The zero-order valence-electron chi connectivity index (χ0n) is 17.4. The maximum absolute atomic E-state index is 13.0. The predicted molar refractivity (Wildman–Crippen MR) is 128 cm³/mol. The Morgan fingerprint density at radius 3 is 2.65 bits per heavy atom. The fourth-order valence-corrected chi connectivity index (χ4v) is 6.49. The highest BCUT2D eigenvalue weighted by molar-refractivity contribution is 9.10. The Kier molecular flexibility index (Phi) is 4.98. The Morgan fingerprint density at radius 1 is 1.06 bits per heavy atom. The van der Waals surface area contributed by atoms with Gasteiger partial charge in [0.25, 0.3) is 5.91 Å². The van der Waals surface area contributed by atoms with Crippen LogP contribution in [0, 0.1) is 0 Å². The Balaban J connectivity index is 1.29. The SMILES string of the molecule is O=C(c1cccc(Br)c1)N1CCN(c2nc(C3CC3)nc3sc4c(c23)CCCC4)CC1. The summed E-state index contributed by atoms with van der Waals surface area (Å²) in [6.45, 7) is 3.09. The molecule has 0 N–H and O–H groups in total. The van der Waals surface area contributed by atoms with Crippen molar-refractivity contribution in [3.63, 3.8) is 0 Å². The number of nitrogens with zero attached hydrogens (tertiary/aromatic N) is 4. The summed E-state index contributed by atoms with van der Waals surface area (Å²) in [6.07, 6.45) is 7.31. The topological polar surface area (TPSA) is 49.3 Å². The molecule has 6 rings (SSSR count). The van der Waals surface area contributed by atoms with Crippen LogP contribution in [0.4, 0.5) is 5.82 Å². The van der Waals surface area contributed by atoms with Crippen LogP contribution in [0.2, 0.25) is 0 Å². The minimum absolute atomic E-state index is 0.111. The molecule has 2 aliphatic carbocycles. The number of rotatable bonds is 3. The first kappa shape index (κ1) is 19.7. The number of amides is 1. The van der Waals surface area contributed by atoms with Crippen molar-refractivity contribution in [3.05, 3.63) is 50.6 Å². The Labute approximate surface area is 194 Å². The number of benzene rings is 1. The van der Waals surface area contributed by atoms with Crippen LogP contribution in [0.15, 0.2) is 28.7 Å². The first-order chi connectivity index (χ1) is 15.2. The summed E-state index contributed by atoms with van der Waals surface area (Å²) in [5.41, 5.74) is 2.24. The predicted octanol–water partition coefficient (Wildman–Crippen LogP) is 5.17. The van der Waals surface area contributed by atoms with Crippen LogP contribution in [0.1, 0.15) is 58.2 Å². The minimum Gasteiger partial charge on any atom is -0.352 e. The van der Waals surface area contributed by atoms with Crippen molar-refractivity contribution in [2.75, 3.05) is 31.1 Å². The number of fused-ring (bicyclic) bond motifs is 3. The highest BCUT2D eigenvalue weighted by Crippen LogP contribution is 2.44. The van der Waals surface area contributed by atoms with Crippen LogP contribution in [-0.4, -0.2) is 47.0 Å². The number of carbonyl (C=O) groups is 1. The van der Waals surface area contributed by atoms with Crippen LogP contribution in [0.5, 0.6) is 0 Å². The van der Waals surface area contributed by atoms with E-state index in [1.165, 1.54) is 52.8 Å². The number of aromatic nitrogens is 2. The third-order valence-corrected chi connectivity index (χ3v) is 8.37. The lowest BCUT2D eigenvalue weighted by Crippen LogP contribution is -2.49. The summed E-state index contributed by atoms with van der Waals surface area (Å²) < 4.78 is 0.940. The second-order valence-corrected chi connectivity index (χ2v) is 10.9. The monoisotopic (exact) mass is 496 g/mol. The Morgan fingerprint density at radius 2 is 1.87 bits per heavy atom. The van der Waals surface area contributed by atoms with Crippen LogP contribution in [-0.2, 0) is 12.8 Å². The average Bonchev–Trinajstić information content (AvgIpc) is 3.58. The third kappa shape index (κ3) is 3.65. The first-order valence-corrected chi connectivity index (χ1v) is 12.9. The molecule has 7 heteroatoms. The fraction of sp³-hybridized carbons (Fsp3) is 0.458. The molecule has 3 aliphatic rings. The molecular formula is C24H25BrN4OS. The van der Waals surface area contributed by atoms with Crippen molar-refractivity contribution in [3.8, 4) is 0 Å². The van der Waals surface area contributed by atoms with Gasteiger partial charge in [0.05, 0.1) is 5.39 Å². The standard InChI is InChI=1S/C24H25BrN4OS/c25-17-5-3-4-16(14-17)24(30)29-12-10-28(11-13-29)22-20-18-6-1-2-7-19(18)31-23(20)27-21(26-22)15-8-9-15/h3-5,14-15H,1-2,6-13H2. The van der Waals surface area contributed by atoms with Crippen molar-refractivity contribution >= 4 is 49.2 Å². The molecule has 160 valence electrons. The van der Waals surface area contributed by atoms with Gasteiger partial charge in [-0.25, -0.2) is 9.97 Å². The van der Waals surface area contributed by atoms with Crippen molar-refractivity contribution < 1.29 is 4.79 Å². The maximum atomic E-state index is 13.0. The molecule has 31 heavy (non-hydrogen) atoms. The van der Waals surface area contributed by atoms with Gasteiger partial charge >= 0.3 is 0 Å². The van der Waals surface area contributed by atoms with E-state index in [2.05, 4.69) is 20.8 Å². The summed E-state index contributed by atoms with van der Waals surface area (Å²) in [5, 5.41) is 1.30. The van der Waals surface area contributed by atoms with E-state index < -0.39 is 0 Å². The summed E-state index contributed by atoms with van der Waals surface area (Å²) in [5.74, 6) is 2.82. The third-order valence-electron chi connectivity index (χ3n) is 6.69. The van der Waals surface area contributed by atoms with Crippen molar-refractivity contribution in [2.45, 2.75) is 44.4 Å². The van der Waals surface area contributed by atoms with Gasteiger partial charge in [0.2, 0.25) is 0 Å². The number of halogens is 1. The molecule has 0 radical (unpaired) electrons. The summed E-state index contributed by atoms with van der Waals surface area (Å²) >= 11 is 5.37. The summed E-state index contributed by atoms with van der Waals surface area (Å²) in [6, 6.07) is 7.67. The lowest BCUT2D eigenvalue weighted by Gasteiger charge is -2.36. The van der Waals surface area contributed by atoms with Gasteiger partial charge in [-0.15, -0.1) is 11.3 Å². The summed E-state index contributed by atoms with van der Waals surface area (Å²) in [4.78, 5) is 30.2. The quantitative estimate of drug-likeness (QED) is 0.501. The zero-order valence-corrected chi connectivity index (χ0v) is 19.8. The van der Waals surface area contributed by atoms with E-state index in [0.29, 0.717) is 5.92 Å². The van der Waals surface area contributed by atoms with Gasteiger partial charge in [-0.1, -0.05) is 22.0 Å². The normalized spacial score (nSPS) is 19.0. The molecule has 0 bridgehead atoms. The lowest BCUT2D eigenvalue weighted by atomic mass is 9.97. The van der Waals surface area contributed by atoms with Gasteiger partial charge in [-0.2, -0.15) is 0 Å². The van der Waals surface area contributed by atoms with Crippen molar-refractivity contribution in [2.24, 2.45) is 0 Å². The molecule has 5 nitrogen and oxygen atoms in total. The van der Waals surface area contributed by atoms with E-state index in [9.17, 15) is 4.79 Å². The molecule has 1 saturated carbocycles. The molecule has 1 amide bonds. The van der Waals surface area contributed by atoms with Gasteiger partial charge in [-0.3, -0.25) is 4.79 Å². The van der Waals surface area contributed by atoms with Crippen LogP contribution in [0.3, 0.4) is 0 Å². The van der Waals surface area contributed by atoms with Crippen LogP contribution in [0.25, 0.3) is 10.2 Å². The smallest absolute Gasteiger partial charge is 0.254 e. The Hall–Kier alpha value is -1.99. The largest absolute Gasteiger partial charge is 0.352 e. The van der Waals surface area contributed by atoms with Crippen molar-refractivity contribution in [1.82, 2.24) is 14.9 Å². The van der Waals surface area contributed by atoms with E-state index in [1.807, 2.05) is 40.5 Å². The van der Waals surface area contributed by atoms with Gasteiger partial charge in [-0.05, 0) is 62.3 Å². The highest BCUT2D eigenvalue weighted by atomic mass is 79.9. The molecular weight excluding hydrogens is 472 g/mol. The highest BCUT2D eigenvalue weighted by Gasteiger charge is 2.32. The molecule has 0 atom stereocenters. The molecule has 0 spiro atoms. The van der Waals surface area contributed by atoms with Gasteiger partial charge < -0.3 is 9.80 Å². The lowest BCUT2D eigenvalue weighted by molar-refractivity contribution is 0.0746. The molecule has 2 aromatic heterocycles. The second-order valence-electron chi connectivity index (χ2n) is 8.86. The Bertz CT molecular complexity index is 1160.